The number of aryl methyl sites for hydroxylation is 1. The number of nitrogen functional groups attached to an aromatic ring is 1. The number of nitrogens with two attached hydrogens (primary N) is 2. The van der Waals surface area contributed by atoms with Gasteiger partial charge in [0, 0.05) is 18.3 Å². The van der Waals surface area contributed by atoms with E-state index >= 15 is 0 Å². The molecular weight excluding hydrogens is 272 g/mol. The number of benzene rings is 1. The summed E-state index contributed by atoms with van der Waals surface area (Å²) in [7, 11) is 0. The minimum Gasteiger partial charge on any atom is -0.399 e. The minimum atomic E-state index is -0.598. The monoisotopic (exact) mass is 288 g/mol. The van der Waals surface area contributed by atoms with Crippen molar-refractivity contribution < 1.29 is 14.1 Å². The average molecular weight is 288 g/mol. The van der Waals surface area contributed by atoms with Gasteiger partial charge in [-0.2, -0.15) is 0 Å². The van der Waals surface area contributed by atoms with Gasteiger partial charge < -0.3 is 20.9 Å². The van der Waals surface area contributed by atoms with Crippen LogP contribution in [0.1, 0.15) is 21.8 Å². The number of carbonyl (C=O) groups is 2. The molecule has 2 aromatic rings. The second kappa shape index (κ2) is 6.08. The van der Waals surface area contributed by atoms with Crippen LogP contribution in [0, 0.1) is 6.92 Å². The van der Waals surface area contributed by atoms with E-state index in [0.717, 1.165) is 5.56 Å². The maximum absolute atomic E-state index is 12.3. The van der Waals surface area contributed by atoms with Crippen molar-refractivity contribution in [3.05, 3.63) is 47.3 Å². The predicted molar refractivity (Wildman–Crippen MR) is 76.0 cm³/mol. The molecule has 0 saturated heterocycles. The summed E-state index contributed by atoms with van der Waals surface area (Å²) in [6.07, 6.45) is 0. The Hall–Kier alpha value is -2.83. The molecule has 1 aromatic heterocycles. The number of hydrogen-bond acceptors (Lipinski definition) is 5. The average Bonchev–Trinajstić information content (AvgIpc) is 2.86. The van der Waals surface area contributed by atoms with Crippen LogP contribution in [-0.2, 0) is 11.3 Å². The Morgan fingerprint density at radius 2 is 1.95 bits per heavy atom. The van der Waals surface area contributed by atoms with E-state index in [1.54, 1.807) is 31.2 Å². The number of hydrogen-bond donors (Lipinski definition) is 2. The molecule has 2 amide bonds. The highest BCUT2D eigenvalue weighted by Crippen LogP contribution is 2.12. The largest absolute Gasteiger partial charge is 0.399 e. The van der Waals surface area contributed by atoms with Gasteiger partial charge in [-0.25, -0.2) is 0 Å². The molecule has 2 rings (SSSR count). The topological polar surface area (TPSA) is 115 Å². The van der Waals surface area contributed by atoms with Crippen molar-refractivity contribution in [2.45, 2.75) is 13.5 Å². The van der Waals surface area contributed by atoms with Gasteiger partial charge in [0.05, 0.1) is 0 Å². The molecule has 21 heavy (non-hydrogen) atoms. The zero-order valence-electron chi connectivity index (χ0n) is 11.6. The first-order valence-corrected chi connectivity index (χ1v) is 6.31. The molecule has 0 saturated carbocycles. The van der Waals surface area contributed by atoms with Crippen molar-refractivity contribution in [1.29, 1.82) is 0 Å². The summed E-state index contributed by atoms with van der Waals surface area (Å²) in [6, 6.07) is 8.53. The molecule has 4 N–H and O–H groups in total. The number of rotatable bonds is 5. The minimum absolute atomic E-state index is 0.143. The van der Waals surface area contributed by atoms with Gasteiger partial charge in [-0.15, -0.1) is 0 Å². The smallest absolute Gasteiger partial charge is 0.276 e. The van der Waals surface area contributed by atoms with Crippen LogP contribution in [0.2, 0.25) is 0 Å². The first-order chi connectivity index (χ1) is 9.95. The summed E-state index contributed by atoms with van der Waals surface area (Å²) in [5.74, 6) is -0.494. The molecule has 0 aliphatic carbocycles. The van der Waals surface area contributed by atoms with E-state index in [-0.39, 0.29) is 18.8 Å². The number of amides is 2. The Morgan fingerprint density at radius 3 is 2.48 bits per heavy atom. The van der Waals surface area contributed by atoms with Crippen LogP contribution in [0.4, 0.5) is 5.69 Å². The fourth-order valence-corrected chi connectivity index (χ4v) is 1.86. The number of carbonyl (C=O) groups excluding carboxylic acids is 2. The van der Waals surface area contributed by atoms with Crippen LogP contribution in [0.3, 0.4) is 0 Å². The first-order valence-electron chi connectivity index (χ1n) is 6.31. The predicted octanol–water partition coefficient (Wildman–Crippen LogP) is 0.693. The lowest BCUT2D eigenvalue weighted by atomic mass is 10.2. The highest BCUT2D eigenvalue weighted by molar-refractivity contribution is 5.94. The van der Waals surface area contributed by atoms with Gasteiger partial charge in [-0.05, 0) is 24.6 Å². The molecule has 0 aliphatic heterocycles. The molecule has 0 spiro atoms. The number of aromatic nitrogens is 1. The maximum Gasteiger partial charge on any atom is 0.276 e. The van der Waals surface area contributed by atoms with Crippen molar-refractivity contribution in [3.63, 3.8) is 0 Å². The van der Waals surface area contributed by atoms with E-state index < -0.39 is 11.8 Å². The Balaban J connectivity index is 2.19. The highest BCUT2D eigenvalue weighted by Gasteiger charge is 2.21. The van der Waals surface area contributed by atoms with E-state index in [2.05, 4.69) is 5.16 Å². The van der Waals surface area contributed by atoms with E-state index in [4.69, 9.17) is 16.0 Å². The Kier molecular flexibility index (Phi) is 4.22. The lowest BCUT2D eigenvalue weighted by molar-refractivity contribution is -0.118. The molecule has 0 fully saturated rings. The Labute approximate surface area is 121 Å². The fourth-order valence-electron chi connectivity index (χ4n) is 1.86. The van der Waals surface area contributed by atoms with Gasteiger partial charge in [-0.1, -0.05) is 17.3 Å². The number of primary amides is 1. The molecule has 7 heteroatoms. The zero-order chi connectivity index (χ0) is 15.4. The number of anilines is 1. The van der Waals surface area contributed by atoms with Gasteiger partial charge in [-0.3, -0.25) is 9.59 Å². The van der Waals surface area contributed by atoms with Gasteiger partial charge in [0.15, 0.2) is 5.69 Å². The summed E-state index contributed by atoms with van der Waals surface area (Å²) in [5, 5.41) is 3.66. The molecule has 110 valence electrons. The van der Waals surface area contributed by atoms with Crippen LogP contribution in [0.15, 0.2) is 34.9 Å². The van der Waals surface area contributed by atoms with Crippen LogP contribution >= 0.6 is 0 Å². The van der Waals surface area contributed by atoms with Gasteiger partial charge in [0.25, 0.3) is 5.91 Å². The van der Waals surface area contributed by atoms with E-state index in [0.29, 0.717) is 11.4 Å². The zero-order valence-corrected chi connectivity index (χ0v) is 11.6. The summed E-state index contributed by atoms with van der Waals surface area (Å²) in [6.45, 7) is 1.71. The molecule has 7 nitrogen and oxygen atoms in total. The summed E-state index contributed by atoms with van der Waals surface area (Å²) in [5.41, 5.74) is 12.4. The molecule has 0 atom stereocenters. The van der Waals surface area contributed by atoms with E-state index in [1.807, 2.05) is 0 Å². The molecule has 0 aliphatic rings. The highest BCUT2D eigenvalue weighted by atomic mass is 16.5. The molecule has 1 heterocycles. The third-order valence-electron chi connectivity index (χ3n) is 2.83. The third kappa shape index (κ3) is 3.82. The van der Waals surface area contributed by atoms with Gasteiger partial charge in [0.2, 0.25) is 5.91 Å². The maximum atomic E-state index is 12.3. The molecule has 0 bridgehead atoms. The van der Waals surface area contributed by atoms with E-state index in [1.165, 1.54) is 11.0 Å². The second-order valence-electron chi connectivity index (χ2n) is 4.69. The lowest BCUT2D eigenvalue weighted by Gasteiger charge is -2.20. The summed E-state index contributed by atoms with van der Waals surface area (Å²) >= 11 is 0. The van der Waals surface area contributed by atoms with Gasteiger partial charge >= 0.3 is 0 Å². The third-order valence-corrected chi connectivity index (χ3v) is 2.83. The van der Waals surface area contributed by atoms with Crippen molar-refractivity contribution >= 4 is 17.5 Å². The van der Waals surface area contributed by atoms with Gasteiger partial charge in [0.1, 0.15) is 12.3 Å². The molecule has 1 aromatic carbocycles. The molecule has 0 radical (unpaired) electrons. The summed E-state index contributed by atoms with van der Waals surface area (Å²) in [4.78, 5) is 24.8. The second-order valence-corrected chi connectivity index (χ2v) is 4.69. The fraction of sp³-hybridized carbons (Fsp3) is 0.214. The Morgan fingerprint density at radius 1 is 1.29 bits per heavy atom. The quantitative estimate of drug-likeness (QED) is 0.785. The van der Waals surface area contributed by atoms with Crippen LogP contribution in [0.5, 0.6) is 0 Å². The van der Waals surface area contributed by atoms with Crippen molar-refractivity contribution in [3.8, 4) is 0 Å². The molecular formula is C14H16N4O3. The molecule has 0 unspecified atom stereocenters. The summed E-state index contributed by atoms with van der Waals surface area (Å²) < 4.78 is 4.88. The number of nitrogens with zero attached hydrogens (tertiary/aromatic N) is 2. The van der Waals surface area contributed by atoms with Crippen LogP contribution in [-0.4, -0.2) is 28.4 Å². The normalized spacial score (nSPS) is 10.3. The lowest BCUT2D eigenvalue weighted by Crippen LogP contribution is -2.38. The van der Waals surface area contributed by atoms with Crippen LogP contribution < -0.4 is 11.5 Å². The van der Waals surface area contributed by atoms with Crippen molar-refractivity contribution in [1.82, 2.24) is 10.1 Å². The SMILES string of the molecule is Cc1cc(C(=O)N(CC(N)=O)Cc2ccc(N)cc2)no1. The standard InChI is InChI=1S/C14H16N4O3/c1-9-6-12(17-21-9)14(20)18(8-13(16)19)7-10-2-4-11(15)5-3-10/h2-6H,7-8,15H2,1H3,(H2,16,19). The van der Waals surface area contributed by atoms with E-state index in [9.17, 15) is 9.59 Å². The first kappa shape index (κ1) is 14.6. The van der Waals surface area contributed by atoms with Crippen LogP contribution in [0.25, 0.3) is 0 Å². The van der Waals surface area contributed by atoms with Crippen molar-refractivity contribution in [2.24, 2.45) is 5.73 Å². The van der Waals surface area contributed by atoms with Crippen molar-refractivity contribution in [2.75, 3.05) is 12.3 Å². The Bertz CT molecular complexity index is 648.